The van der Waals surface area contributed by atoms with E-state index < -0.39 is 42.2 Å². The van der Waals surface area contributed by atoms with E-state index in [1.807, 2.05) is 0 Å². The highest BCUT2D eigenvalue weighted by Gasteiger charge is 2.62. The molecule has 7 nitrogen and oxygen atoms in total. The number of halogens is 6. The third kappa shape index (κ3) is 6.88. The van der Waals surface area contributed by atoms with Crippen molar-refractivity contribution in [1.29, 1.82) is 0 Å². The molecule has 0 aromatic heterocycles. The number of para-hydroxylation sites is 1. The number of anilines is 1. The van der Waals surface area contributed by atoms with Crippen LogP contribution in [0.4, 0.5) is 36.8 Å². The molecule has 2 saturated heterocycles. The van der Waals surface area contributed by atoms with Gasteiger partial charge in [-0.05, 0) is 48.6 Å². The summed E-state index contributed by atoms with van der Waals surface area (Å²) >= 11 is 0. The number of piperidine rings is 1. The first-order valence-electron chi connectivity index (χ1n) is 14.1. The molecule has 4 atom stereocenters. The lowest BCUT2D eigenvalue weighted by Gasteiger charge is -2.45. The zero-order valence-corrected chi connectivity index (χ0v) is 22.7. The predicted molar refractivity (Wildman–Crippen MR) is 141 cm³/mol. The normalized spacial score (nSPS) is 27.0. The highest BCUT2D eigenvalue weighted by atomic mass is 19.4. The van der Waals surface area contributed by atoms with Crippen LogP contribution < -0.4 is 25.4 Å². The third-order valence-electron chi connectivity index (χ3n) is 8.32. The van der Waals surface area contributed by atoms with E-state index in [0.717, 1.165) is 37.8 Å². The van der Waals surface area contributed by atoms with Crippen LogP contribution in [0.1, 0.15) is 50.5 Å². The number of alkyl halides is 6. The topological polar surface area (TPSA) is 80.9 Å². The monoisotopic (exact) mass is 601 g/mol. The van der Waals surface area contributed by atoms with E-state index in [0.29, 0.717) is 18.9 Å². The molecule has 2 heterocycles. The fraction of sp³-hybridized carbons (Fsp3) is 0.552. The van der Waals surface area contributed by atoms with Crippen LogP contribution >= 0.6 is 0 Å². The Morgan fingerprint density at radius 1 is 0.952 bits per heavy atom. The van der Waals surface area contributed by atoms with Crippen LogP contribution in [0.2, 0.25) is 0 Å². The molecule has 2 amide bonds. The molecule has 1 aliphatic carbocycles. The smallest absolute Gasteiger partial charge is 0.473 e. The Morgan fingerprint density at radius 3 is 2.26 bits per heavy atom. The molecule has 0 bridgehead atoms. The third-order valence-corrected chi connectivity index (χ3v) is 8.32. The van der Waals surface area contributed by atoms with Gasteiger partial charge in [0.05, 0.1) is 12.6 Å². The van der Waals surface area contributed by atoms with Gasteiger partial charge in [0.1, 0.15) is 11.5 Å². The van der Waals surface area contributed by atoms with Crippen molar-refractivity contribution >= 4 is 11.7 Å². The first-order chi connectivity index (χ1) is 19.9. The van der Waals surface area contributed by atoms with Crippen molar-refractivity contribution in [1.82, 2.24) is 10.6 Å². The lowest BCUT2D eigenvalue weighted by atomic mass is 9.75. The molecule has 3 fully saturated rings. The number of carbonyl (C=O) groups excluding carboxylic acids is 1. The minimum atomic E-state index is -4.84. The Hall–Kier alpha value is -3.19. The Labute approximate surface area is 239 Å². The molecule has 230 valence electrons. The first kappa shape index (κ1) is 30.3. The van der Waals surface area contributed by atoms with Gasteiger partial charge in [-0.1, -0.05) is 50.3 Å². The summed E-state index contributed by atoms with van der Waals surface area (Å²) in [5, 5.41) is 8.77. The molecule has 2 aromatic rings. The number of hydrogen-bond acceptors (Lipinski definition) is 5. The van der Waals surface area contributed by atoms with Gasteiger partial charge >= 0.3 is 18.6 Å². The predicted octanol–water partition coefficient (Wildman–Crippen LogP) is 6.85. The van der Waals surface area contributed by atoms with Crippen LogP contribution in [-0.4, -0.2) is 44.0 Å². The van der Waals surface area contributed by atoms with Crippen molar-refractivity contribution < 1.29 is 45.3 Å². The number of urea groups is 1. The van der Waals surface area contributed by atoms with Gasteiger partial charge in [-0.2, -0.15) is 13.2 Å². The Balaban J connectivity index is 1.32. The molecule has 3 unspecified atom stereocenters. The van der Waals surface area contributed by atoms with Crippen LogP contribution in [0.3, 0.4) is 0 Å². The van der Waals surface area contributed by atoms with Gasteiger partial charge < -0.3 is 24.8 Å². The molecular weight excluding hydrogens is 568 g/mol. The second-order valence-corrected chi connectivity index (χ2v) is 11.0. The number of rotatable bonds is 7. The minimum absolute atomic E-state index is 0.00982. The Kier molecular flexibility index (Phi) is 8.79. The fourth-order valence-corrected chi connectivity index (χ4v) is 6.18. The van der Waals surface area contributed by atoms with Gasteiger partial charge in [-0.25, -0.2) is 4.79 Å². The van der Waals surface area contributed by atoms with Gasteiger partial charge in [0.2, 0.25) is 0 Å². The van der Waals surface area contributed by atoms with E-state index in [9.17, 15) is 31.1 Å². The summed E-state index contributed by atoms with van der Waals surface area (Å²) in [5.74, 6) is 0.251. The van der Waals surface area contributed by atoms with Crippen molar-refractivity contribution in [2.45, 2.75) is 75.4 Å². The molecule has 5 rings (SSSR count). The maximum absolute atomic E-state index is 14.1. The van der Waals surface area contributed by atoms with E-state index in [1.165, 1.54) is 36.8 Å². The molecule has 13 heteroatoms. The molecule has 2 aliphatic heterocycles. The lowest BCUT2D eigenvalue weighted by Crippen LogP contribution is -2.60. The molecule has 0 radical (unpaired) electrons. The summed E-state index contributed by atoms with van der Waals surface area (Å²) < 4.78 is 94.8. The molecule has 2 aromatic carbocycles. The van der Waals surface area contributed by atoms with Gasteiger partial charge in [0, 0.05) is 24.2 Å². The van der Waals surface area contributed by atoms with Crippen molar-refractivity contribution in [2.24, 2.45) is 11.8 Å². The van der Waals surface area contributed by atoms with Crippen LogP contribution in [0, 0.1) is 11.8 Å². The maximum Gasteiger partial charge on any atom is 0.573 e. The fourth-order valence-electron chi connectivity index (χ4n) is 6.18. The summed E-state index contributed by atoms with van der Waals surface area (Å²) in [7, 11) is 0. The molecule has 3 N–H and O–H groups in total. The molecule has 1 saturated carbocycles. The van der Waals surface area contributed by atoms with Gasteiger partial charge in [0.15, 0.2) is 11.8 Å². The summed E-state index contributed by atoms with van der Waals surface area (Å²) in [5.41, 5.74) is -2.35. The van der Waals surface area contributed by atoms with Gasteiger partial charge in [-0.15, -0.1) is 13.2 Å². The summed E-state index contributed by atoms with van der Waals surface area (Å²) in [6, 6.07) is 9.32. The SMILES string of the molecule is O=C(Nc1ccc(OC(F)(F)F)cc1)NC1CC(C2CCCCC2)CNC1Oc1ccccc1[C@]1(C(F)(F)F)CCO1. The van der Waals surface area contributed by atoms with Crippen molar-refractivity contribution in [3.05, 3.63) is 54.1 Å². The first-order valence-corrected chi connectivity index (χ1v) is 14.1. The highest BCUT2D eigenvalue weighted by molar-refractivity contribution is 5.89. The number of ether oxygens (including phenoxy) is 3. The van der Waals surface area contributed by atoms with Gasteiger partial charge in [0.25, 0.3) is 0 Å². The maximum atomic E-state index is 14.1. The summed E-state index contributed by atoms with van der Waals surface area (Å²) in [6.07, 6.45) is -4.45. The Morgan fingerprint density at radius 2 is 1.64 bits per heavy atom. The minimum Gasteiger partial charge on any atom is -0.473 e. The molecule has 42 heavy (non-hydrogen) atoms. The zero-order chi connectivity index (χ0) is 30.0. The molecule has 0 spiro atoms. The van der Waals surface area contributed by atoms with Crippen molar-refractivity contribution in [3.63, 3.8) is 0 Å². The quantitative estimate of drug-likeness (QED) is 0.303. The van der Waals surface area contributed by atoms with E-state index in [-0.39, 0.29) is 35.9 Å². The second-order valence-electron chi connectivity index (χ2n) is 11.0. The molecule has 3 aliphatic rings. The standard InChI is InChI=1S/C29H33F6N3O4/c30-28(31,32)27(14-15-40-27)22-8-4-5-9-24(22)41-25-23(16-19(17-36-25)18-6-2-1-3-7-18)38-26(39)37-20-10-12-21(13-11-20)42-29(33,34)35/h4-5,8-13,18-19,23,25,36H,1-3,6-7,14-17H2,(H2,37,38,39)/t19?,23?,25?,27-/m0/s1. The number of carbonyl (C=O) groups is 1. The molecular formula is C29H33F6N3O4. The van der Waals surface area contributed by atoms with E-state index in [4.69, 9.17) is 9.47 Å². The Bertz CT molecular complexity index is 1210. The number of nitrogens with one attached hydrogen (secondary N) is 3. The van der Waals surface area contributed by atoms with Crippen molar-refractivity contribution in [2.75, 3.05) is 18.5 Å². The van der Waals surface area contributed by atoms with E-state index in [2.05, 4.69) is 20.7 Å². The second kappa shape index (κ2) is 12.2. The highest BCUT2D eigenvalue weighted by Crippen LogP contribution is 2.52. The van der Waals surface area contributed by atoms with Crippen LogP contribution in [0.5, 0.6) is 11.5 Å². The van der Waals surface area contributed by atoms with Crippen LogP contribution in [0.25, 0.3) is 0 Å². The number of amides is 2. The van der Waals surface area contributed by atoms with E-state index >= 15 is 0 Å². The number of hydrogen-bond donors (Lipinski definition) is 3. The summed E-state index contributed by atoms with van der Waals surface area (Å²) in [6.45, 7) is 0.561. The van der Waals surface area contributed by atoms with Crippen LogP contribution in [-0.2, 0) is 10.3 Å². The lowest BCUT2D eigenvalue weighted by molar-refractivity contribution is -0.334. The van der Waals surface area contributed by atoms with Gasteiger partial charge in [-0.3, -0.25) is 5.32 Å². The average molecular weight is 602 g/mol. The average Bonchev–Trinajstić information content (AvgIpc) is 2.90. The largest absolute Gasteiger partial charge is 0.573 e. The van der Waals surface area contributed by atoms with Crippen LogP contribution in [0.15, 0.2) is 48.5 Å². The number of benzene rings is 2. The van der Waals surface area contributed by atoms with E-state index in [1.54, 1.807) is 6.07 Å². The zero-order valence-electron chi connectivity index (χ0n) is 22.7. The van der Waals surface area contributed by atoms with Crippen molar-refractivity contribution in [3.8, 4) is 11.5 Å². The summed E-state index contributed by atoms with van der Waals surface area (Å²) in [4.78, 5) is 13.0.